The van der Waals surface area contributed by atoms with Gasteiger partial charge in [0.1, 0.15) is 0 Å². The molecule has 4 aromatic carbocycles. The number of carbonyl (C=O) groups is 3. The average Bonchev–Trinajstić information content (AvgIpc) is 3.59. The number of nitro benzene ring substituents is 1. The molecule has 1 aromatic heterocycles. The number of amides is 2. The van der Waals surface area contributed by atoms with Crippen molar-refractivity contribution in [1.82, 2.24) is 10.3 Å². The Morgan fingerprint density at radius 3 is 2.61 bits per heavy atom. The molecule has 1 aliphatic rings. The van der Waals surface area contributed by atoms with Crippen LogP contribution in [-0.4, -0.2) is 38.0 Å². The Labute approximate surface area is 273 Å². The molecule has 11 nitrogen and oxygen atoms in total. The normalized spacial score (nSPS) is 14.5. The van der Waals surface area contributed by atoms with Crippen molar-refractivity contribution in [3.8, 4) is 0 Å². The average molecular weight is 668 g/mol. The number of hydrogen-bond donors (Lipinski definition) is 3. The number of nitrogens with zero attached hydrogens (tertiary/aromatic N) is 3. The number of thiazole rings is 1. The number of benzene rings is 4. The van der Waals surface area contributed by atoms with Crippen LogP contribution < -0.4 is 10.6 Å². The van der Waals surface area contributed by atoms with Crippen LogP contribution in [-0.2, 0) is 4.79 Å². The molecule has 5 aromatic rings. The zero-order valence-corrected chi connectivity index (χ0v) is 26.2. The topological polar surface area (TPSA) is 164 Å². The van der Waals surface area contributed by atoms with Crippen molar-refractivity contribution in [3.63, 3.8) is 0 Å². The summed E-state index contributed by atoms with van der Waals surface area (Å²) in [6, 6.07) is 23.3. The van der Waals surface area contributed by atoms with Crippen LogP contribution in [0.5, 0.6) is 0 Å². The lowest BCUT2D eigenvalue weighted by Gasteiger charge is -2.05. The Morgan fingerprint density at radius 2 is 1.85 bits per heavy atom. The molecule has 2 amide bonds. The Hall–Kier alpha value is -5.31. The summed E-state index contributed by atoms with van der Waals surface area (Å²) in [5, 5.41) is 27.0. The monoisotopic (exact) mass is 667 g/mol. The number of aromatic nitrogens is 1. The number of aromatic carboxylic acids is 1. The van der Waals surface area contributed by atoms with Crippen LogP contribution in [0, 0.1) is 17.0 Å². The van der Waals surface area contributed by atoms with Gasteiger partial charge in [-0.1, -0.05) is 41.6 Å². The van der Waals surface area contributed by atoms with Crippen molar-refractivity contribution in [3.05, 3.63) is 122 Å². The predicted octanol–water partition coefficient (Wildman–Crippen LogP) is 7.51. The van der Waals surface area contributed by atoms with Crippen LogP contribution in [0.15, 0.2) is 104 Å². The third kappa shape index (κ3) is 6.99. The number of carboxylic acids is 1. The molecular weight excluding hydrogens is 647 g/mol. The third-order valence-electron chi connectivity index (χ3n) is 6.59. The maximum atomic E-state index is 12.6. The molecule has 0 saturated carbocycles. The second-order valence-electron chi connectivity index (χ2n) is 9.91. The first-order valence-corrected chi connectivity index (χ1v) is 15.9. The van der Waals surface area contributed by atoms with E-state index in [1.807, 2.05) is 25.1 Å². The first-order valence-electron chi connectivity index (χ1n) is 13.5. The molecule has 1 saturated heterocycles. The van der Waals surface area contributed by atoms with E-state index in [2.05, 4.69) is 20.6 Å². The van der Waals surface area contributed by atoms with Gasteiger partial charge in [0.05, 0.1) is 36.2 Å². The van der Waals surface area contributed by atoms with E-state index < -0.39 is 16.8 Å². The number of amidine groups is 1. The van der Waals surface area contributed by atoms with Crippen LogP contribution in [0.25, 0.3) is 16.3 Å². The number of hydrogen-bond acceptors (Lipinski definition) is 10. The molecule has 0 unspecified atom stereocenters. The highest BCUT2D eigenvalue weighted by Crippen LogP contribution is 2.40. The Kier molecular flexibility index (Phi) is 8.66. The molecule has 0 bridgehead atoms. The van der Waals surface area contributed by atoms with E-state index in [-0.39, 0.29) is 27.2 Å². The van der Waals surface area contributed by atoms with Crippen LogP contribution >= 0.6 is 34.9 Å². The van der Waals surface area contributed by atoms with Crippen LogP contribution in [0.1, 0.15) is 31.8 Å². The van der Waals surface area contributed by atoms with E-state index >= 15 is 0 Å². The highest BCUT2D eigenvalue weighted by atomic mass is 32.2. The first kappa shape index (κ1) is 30.7. The summed E-state index contributed by atoms with van der Waals surface area (Å²) in [5.41, 5.74) is 3.63. The van der Waals surface area contributed by atoms with Crippen LogP contribution in [0.3, 0.4) is 0 Å². The second-order valence-corrected chi connectivity index (χ2v) is 13.3. The number of nitro groups is 1. The van der Waals surface area contributed by atoms with Gasteiger partial charge in [0, 0.05) is 17.3 Å². The predicted molar refractivity (Wildman–Crippen MR) is 180 cm³/mol. The number of thioether (sulfide) groups is 1. The standard InChI is InChI=1S/C32H21N5O6S3/c1-17-5-8-19(9-6-17)28(38)33-22-10-11-23-26(16-22)46-32(35-23)45-25-12-7-18(13-24(25)37(42)43)14-27-29(39)36-31(44-27)34-21-4-2-3-20(15-21)30(40)41/h2-16H,1H3,(H,33,38)(H,40,41)(H,34,36,39)/b27-14-. The first-order chi connectivity index (χ1) is 22.1. The highest BCUT2D eigenvalue weighted by Gasteiger charge is 2.25. The molecule has 3 N–H and O–H groups in total. The highest BCUT2D eigenvalue weighted by molar-refractivity contribution is 8.18. The third-order valence-corrected chi connectivity index (χ3v) is 9.64. The molecule has 0 radical (unpaired) electrons. The largest absolute Gasteiger partial charge is 0.478 e. The van der Waals surface area contributed by atoms with E-state index in [1.165, 1.54) is 35.6 Å². The number of rotatable bonds is 8. The van der Waals surface area contributed by atoms with Gasteiger partial charge in [-0.15, -0.1) is 11.3 Å². The molecule has 46 heavy (non-hydrogen) atoms. The fourth-order valence-electron chi connectivity index (χ4n) is 4.34. The fourth-order valence-corrected chi connectivity index (χ4v) is 7.33. The van der Waals surface area contributed by atoms with Gasteiger partial charge in [-0.2, -0.15) is 0 Å². The van der Waals surface area contributed by atoms with E-state index in [0.717, 1.165) is 33.8 Å². The second kappa shape index (κ2) is 13.0. The molecule has 1 aliphatic heterocycles. The number of nitrogens with one attached hydrogen (secondary N) is 2. The molecule has 0 spiro atoms. The molecule has 228 valence electrons. The van der Waals surface area contributed by atoms with Gasteiger partial charge in [-0.05, 0) is 84.9 Å². The van der Waals surface area contributed by atoms with Crippen molar-refractivity contribution in [2.75, 3.05) is 5.32 Å². The van der Waals surface area contributed by atoms with E-state index in [4.69, 9.17) is 0 Å². The lowest BCUT2D eigenvalue weighted by molar-refractivity contribution is -0.387. The fraction of sp³-hybridized carbons (Fsp3) is 0.0312. The molecular formula is C32H21N5O6S3. The SMILES string of the molecule is Cc1ccc(C(=O)Nc2ccc3nc(Sc4ccc(/C=C5\SC(=Nc6cccc(C(=O)O)c6)NC5=O)cc4[N+](=O)[O-])sc3c2)cc1. The maximum absolute atomic E-state index is 12.6. The lowest BCUT2D eigenvalue weighted by atomic mass is 10.1. The Morgan fingerprint density at radius 1 is 1.04 bits per heavy atom. The molecule has 6 rings (SSSR count). The summed E-state index contributed by atoms with van der Waals surface area (Å²) in [6.45, 7) is 1.95. The van der Waals surface area contributed by atoms with Crippen LogP contribution in [0.4, 0.5) is 17.1 Å². The smallest absolute Gasteiger partial charge is 0.335 e. The number of fused-ring (bicyclic) bond motifs is 1. The summed E-state index contributed by atoms with van der Waals surface area (Å²) in [7, 11) is 0. The van der Waals surface area contributed by atoms with Crippen molar-refractivity contribution in [1.29, 1.82) is 0 Å². The van der Waals surface area contributed by atoms with Crippen molar-refractivity contribution >= 4 is 91.2 Å². The number of carboxylic acid groups (broad SMARTS) is 1. The summed E-state index contributed by atoms with van der Waals surface area (Å²) >= 11 is 3.55. The Balaban J connectivity index is 1.18. The van der Waals surface area contributed by atoms with Gasteiger partial charge in [0.2, 0.25) is 0 Å². The molecule has 1 fully saturated rings. The van der Waals surface area contributed by atoms with Crippen molar-refractivity contribution in [2.24, 2.45) is 4.99 Å². The van der Waals surface area contributed by atoms with Gasteiger partial charge >= 0.3 is 5.97 Å². The minimum absolute atomic E-state index is 0.0650. The zero-order chi connectivity index (χ0) is 32.4. The van der Waals surface area contributed by atoms with Gasteiger partial charge < -0.3 is 15.7 Å². The van der Waals surface area contributed by atoms with Crippen molar-refractivity contribution in [2.45, 2.75) is 16.2 Å². The lowest BCUT2D eigenvalue weighted by Crippen LogP contribution is -2.19. The van der Waals surface area contributed by atoms with E-state index in [9.17, 15) is 29.6 Å². The van der Waals surface area contributed by atoms with Crippen molar-refractivity contribution < 1.29 is 24.4 Å². The zero-order valence-electron chi connectivity index (χ0n) is 23.7. The van der Waals surface area contributed by atoms with Crippen LogP contribution in [0.2, 0.25) is 0 Å². The van der Waals surface area contributed by atoms with Gasteiger partial charge in [0.15, 0.2) is 9.51 Å². The number of anilines is 1. The number of aliphatic imine (C=N–C) groups is 1. The summed E-state index contributed by atoms with van der Waals surface area (Å²) in [5.74, 6) is -1.75. The molecule has 0 aliphatic carbocycles. The Bertz CT molecular complexity index is 2120. The number of carbonyl (C=O) groups excluding carboxylic acids is 2. The summed E-state index contributed by atoms with van der Waals surface area (Å²) in [6.07, 6.45) is 1.53. The molecule has 2 heterocycles. The molecule has 14 heteroatoms. The minimum atomic E-state index is -1.09. The number of aryl methyl sites for hydroxylation is 1. The molecule has 0 atom stereocenters. The van der Waals surface area contributed by atoms with Gasteiger partial charge in [-0.25, -0.2) is 14.8 Å². The van der Waals surface area contributed by atoms with Gasteiger partial charge in [-0.3, -0.25) is 19.7 Å². The summed E-state index contributed by atoms with van der Waals surface area (Å²) < 4.78 is 1.40. The quantitative estimate of drug-likeness (QED) is 0.0863. The van der Waals surface area contributed by atoms with Gasteiger partial charge in [0.25, 0.3) is 17.5 Å². The summed E-state index contributed by atoms with van der Waals surface area (Å²) in [4.78, 5) is 57.6. The maximum Gasteiger partial charge on any atom is 0.335 e. The van der Waals surface area contributed by atoms with E-state index in [1.54, 1.807) is 48.5 Å². The van der Waals surface area contributed by atoms with E-state index in [0.29, 0.717) is 37.3 Å². The minimum Gasteiger partial charge on any atom is -0.478 e.